The van der Waals surface area contributed by atoms with Gasteiger partial charge in [0.1, 0.15) is 5.75 Å². The first-order valence-corrected chi connectivity index (χ1v) is 5.12. The normalized spacial score (nSPS) is 9.71. The number of aromatic hydroxyl groups is 1. The predicted octanol–water partition coefficient (Wildman–Crippen LogP) is -0.171. The van der Waals surface area contributed by atoms with E-state index in [0.717, 1.165) is 0 Å². The number of hydrogen-bond donors (Lipinski definition) is 4. The minimum absolute atomic E-state index is 0.00323. The number of carbonyl (C=O) groups excluding carboxylic acids is 2. The molecule has 17 heavy (non-hydrogen) atoms. The highest BCUT2D eigenvalue weighted by Crippen LogP contribution is 2.14. The van der Waals surface area contributed by atoms with Crippen LogP contribution in [0.5, 0.6) is 5.75 Å². The number of hydrogen-bond acceptors (Lipinski definition) is 4. The van der Waals surface area contributed by atoms with Crippen LogP contribution in [0.2, 0.25) is 0 Å². The summed E-state index contributed by atoms with van der Waals surface area (Å²) in [5, 5.41) is 22.3. The zero-order chi connectivity index (χ0) is 12.7. The zero-order valence-corrected chi connectivity index (χ0v) is 9.14. The van der Waals surface area contributed by atoms with E-state index in [0.29, 0.717) is 12.1 Å². The lowest BCUT2D eigenvalue weighted by atomic mass is 10.3. The summed E-state index contributed by atoms with van der Waals surface area (Å²) in [5.74, 6) is -1.58. The lowest BCUT2D eigenvalue weighted by Gasteiger charge is -2.05. The molecule has 0 spiro atoms. The van der Waals surface area contributed by atoms with E-state index in [1.165, 1.54) is 12.1 Å². The number of aliphatic hydroxyl groups excluding tert-OH is 1. The zero-order valence-electron chi connectivity index (χ0n) is 9.14. The maximum atomic E-state index is 11.4. The van der Waals surface area contributed by atoms with Gasteiger partial charge in [0.2, 0.25) is 0 Å². The van der Waals surface area contributed by atoms with Gasteiger partial charge >= 0.3 is 11.8 Å². The molecule has 0 saturated heterocycles. The third kappa shape index (κ3) is 4.52. The Bertz CT molecular complexity index is 406. The highest BCUT2D eigenvalue weighted by molar-refractivity contribution is 6.39. The van der Waals surface area contributed by atoms with Gasteiger partial charge in [-0.15, -0.1) is 0 Å². The predicted molar refractivity (Wildman–Crippen MR) is 61.4 cm³/mol. The monoisotopic (exact) mass is 238 g/mol. The van der Waals surface area contributed by atoms with Gasteiger partial charge in [0.15, 0.2) is 0 Å². The van der Waals surface area contributed by atoms with Crippen LogP contribution in [0.3, 0.4) is 0 Å². The summed E-state index contributed by atoms with van der Waals surface area (Å²) in [6.07, 6.45) is 0.394. The van der Waals surface area contributed by atoms with E-state index in [-0.39, 0.29) is 18.9 Å². The standard InChI is InChI=1S/C11H14N2O4/c14-6-2-5-12-10(16)11(17)13-8-3-1-4-9(15)7-8/h1,3-4,7,14-15H,2,5-6H2,(H,12,16)(H,13,17). The molecule has 0 bridgehead atoms. The summed E-state index contributed by atoms with van der Waals surface area (Å²) in [6, 6.07) is 5.89. The molecular weight excluding hydrogens is 224 g/mol. The Labute approximate surface area is 98.3 Å². The molecule has 0 atom stereocenters. The maximum Gasteiger partial charge on any atom is 0.313 e. The summed E-state index contributed by atoms with van der Waals surface area (Å²) >= 11 is 0. The third-order valence-electron chi connectivity index (χ3n) is 1.93. The molecule has 0 aliphatic carbocycles. The van der Waals surface area contributed by atoms with Crippen molar-refractivity contribution in [1.29, 1.82) is 0 Å². The topological polar surface area (TPSA) is 98.7 Å². The highest BCUT2D eigenvalue weighted by Gasteiger charge is 2.12. The van der Waals surface area contributed by atoms with Crippen molar-refractivity contribution in [3.63, 3.8) is 0 Å². The number of anilines is 1. The molecule has 6 nitrogen and oxygen atoms in total. The number of carbonyl (C=O) groups is 2. The number of nitrogens with one attached hydrogen (secondary N) is 2. The van der Waals surface area contributed by atoms with E-state index in [4.69, 9.17) is 10.2 Å². The Morgan fingerprint density at radius 1 is 1.24 bits per heavy atom. The maximum absolute atomic E-state index is 11.4. The van der Waals surface area contributed by atoms with Gasteiger partial charge in [0.25, 0.3) is 0 Å². The molecule has 0 unspecified atom stereocenters. The van der Waals surface area contributed by atoms with E-state index in [9.17, 15) is 9.59 Å². The van der Waals surface area contributed by atoms with Crippen LogP contribution in [0, 0.1) is 0 Å². The SMILES string of the molecule is O=C(NCCCO)C(=O)Nc1cccc(O)c1. The molecule has 1 aromatic rings. The van der Waals surface area contributed by atoms with Crippen molar-refractivity contribution in [2.75, 3.05) is 18.5 Å². The highest BCUT2D eigenvalue weighted by atomic mass is 16.3. The van der Waals surface area contributed by atoms with Crippen molar-refractivity contribution in [2.45, 2.75) is 6.42 Å². The lowest BCUT2D eigenvalue weighted by Crippen LogP contribution is -2.36. The van der Waals surface area contributed by atoms with Gasteiger partial charge in [0.05, 0.1) is 0 Å². The Morgan fingerprint density at radius 3 is 2.65 bits per heavy atom. The van der Waals surface area contributed by atoms with E-state index in [1.807, 2.05) is 0 Å². The molecule has 0 aliphatic heterocycles. The summed E-state index contributed by atoms with van der Waals surface area (Å²) in [5.41, 5.74) is 0.340. The summed E-state index contributed by atoms with van der Waals surface area (Å²) < 4.78 is 0. The van der Waals surface area contributed by atoms with Gasteiger partial charge in [-0.05, 0) is 18.6 Å². The third-order valence-corrected chi connectivity index (χ3v) is 1.93. The lowest BCUT2D eigenvalue weighted by molar-refractivity contribution is -0.136. The van der Waals surface area contributed by atoms with Gasteiger partial charge in [-0.2, -0.15) is 0 Å². The summed E-state index contributed by atoms with van der Waals surface area (Å²) in [6.45, 7) is 0.192. The van der Waals surface area contributed by atoms with Gasteiger partial charge < -0.3 is 20.8 Å². The molecule has 1 rings (SSSR count). The van der Waals surface area contributed by atoms with Crippen LogP contribution < -0.4 is 10.6 Å². The van der Waals surface area contributed by atoms with Crippen LogP contribution in [0.1, 0.15) is 6.42 Å². The molecule has 0 radical (unpaired) electrons. The molecule has 1 aromatic carbocycles. The van der Waals surface area contributed by atoms with Crippen LogP contribution in [0.25, 0.3) is 0 Å². The number of aliphatic hydroxyl groups is 1. The molecule has 4 N–H and O–H groups in total. The minimum atomic E-state index is -0.812. The largest absolute Gasteiger partial charge is 0.508 e. The minimum Gasteiger partial charge on any atom is -0.508 e. The second-order valence-electron chi connectivity index (χ2n) is 3.34. The average Bonchev–Trinajstić information content (AvgIpc) is 2.29. The Balaban J connectivity index is 2.46. The molecule has 2 amide bonds. The van der Waals surface area contributed by atoms with E-state index in [1.54, 1.807) is 12.1 Å². The fraction of sp³-hybridized carbons (Fsp3) is 0.273. The van der Waals surface area contributed by atoms with E-state index in [2.05, 4.69) is 10.6 Å². The number of phenolic OH excluding ortho intramolecular Hbond substituents is 1. The number of amides is 2. The summed E-state index contributed by atoms with van der Waals surface area (Å²) in [4.78, 5) is 22.6. The second kappa shape index (κ2) is 6.49. The molecule has 0 fully saturated rings. The van der Waals surface area contributed by atoms with Crippen LogP contribution in [0.15, 0.2) is 24.3 Å². The van der Waals surface area contributed by atoms with Crippen molar-refractivity contribution in [1.82, 2.24) is 5.32 Å². The van der Waals surface area contributed by atoms with Crippen LogP contribution in [0.4, 0.5) is 5.69 Å². The van der Waals surface area contributed by atoms with Crippen molar-refractivity contribution >= 4 is 17.5 Å². The van der Waals surface area contributed by atoms with Crippen molar-refractivity contribution < 1.29 is 19.8 Å². The molecule has 6 heteroatoms. The molecule has 92 valence electrons. The van der Waals surface area contributed by atoms with Gasteiger partial charge in [-0.3, -0.25) is 9.59 Å². The van der Waals surface area contributed by atoms with Gasteiger partial charge in [0, 0.05) is 24.9 Å². The van der Waals surface area contributed by atoms with Crippen LogP contribution in [-0.4, -0.2) is 35.2 Å². The quantitative estimate of drug-likeness (QED) is 0.432. The molecule has 0 heterocycles. The fourth-order valence-electron chi connectivity index (χ4n) is 1.13. The van der Waals surface area contributed by atoms with Crippen molar-refractivity contribution in [3.05, 3.63) is 24.3 Å². The second-order valence-corrected chi connectivity index (χ2v) is 3.34. The van der Waals surface area contributed by atoms with Crippen molar-refractivity contribution in [3.8, 4) is 5.75 Å². The number of benzene rings is 1. The Morgan fingerprint density at radius 2 is 2.00 bits per heavy atom. The molecular formula is C11H14N2O4. The molecule has 0 saturated carbocycles. The van der Waals surface area contributed by atoms with Crippen molar-refractivity contribution in [2.24, 2.45) is 0 Å². The Hall–Kier alpha value is -2.08. The first-order valence-electron chi connectivity index (χ1n) is 5.12. The van der Waals surface area contributed by atoms with Gasteiger partial charge in [-0.1, -0.05) is 6.07 Å². The number of rotatable bonds is 4. The Kier molecular flexibility index (Phi) is 4.96. The van der Waals surface area contributed by atoms with E-state index >= 15 is 0 Å². The van der Waals surface area contributed by atoms with Crippen LogP contribution in [-0.2, 0) is 9.59 Å². The molecule has 0 aromatic heterocycles. The summed E-state index contributed by atoms with van der Waals surface area (Å²) in [7, 11) is 0. The van der Waals surface area contributed by atoms with E-state index < -0.39 is 11.8 Å². The van der Waals surface area contributed by atoms with Crippen LogP contribution >= 0.6 is 0 Å². The fourth-order valence-corrected chi connectivity index (χ4v) is 1.13. The number of phenols is 1. The van der Waals surface area contributed by atoms with Gasteiger partial charge in [-0.25, -0.2) is 0 Å². The first kappa shape index (κ1) is 13.0. The first-order chi connectivity index (χ1) is 8.13. The molecule has 0 aliphatic rings. The smallest absolute Gasteiger partial charge is 0.313 e. The average molecular weight is 238 g/mol.